The van der Waals surface area contributed by atoms with Crippen LogP contribution in [-0.4, -0.2) is 48.4 Å². The summed E-state index contributed by atoms with van der Waals surface area (Å²) in [6.07, 6.45) is 9.65. The van der Waals surface area contributed by atoms with E-state index in [1.807, 2.05) is 0 Å². The fourth-order valence-corrected chi connectivity index (χ4v) is 4.08. The molecule has 1 saturated heterocycles. The molecule has 4 rings (SSSR count). The van der Waals surface area contributed by atoms with E-state index in [4.69, 9.17) is 20.9 Å². The highest BCUT2D eigenvalue weighted by Gasteiger charge is 2.24. The van der Waals surface area contributed by atoms with Crippen LogP contribution in [0.15, 0.2) is 48.5 Å². The standard InChI is InChI=1S/C22H29FN6O2/c23-20(24)5-6-21(25)28-15-1-3-17(4-2-15)31-19-14-16(29-9-11-30-12-10-29)13-18-22(19)27-8-7-26-18/h5-8,13-15,17,28H,1-4,9-12,24-25H2/b20-5-,21-6+. The van der Waals surface area contributed by atoms with E-state index in [1.54, 1.807) is 12.4 Å². The van der Waals surface area contributed by atoms with E-state index in [1.165, 1.54) is 6.08 Å². The van der Waals surface area contributed by atoms with E-state index in [0.29, 0.717) is 5.82 Å². The van der Waals surface area contributed by atoms with Crippen molar-refractivity contribution >= 4 is 16.7 Å². The lowest BCUT2D eigenvalue weighted by Gasteiger charge is -2.31. The molecule has 5 N–H and O–H groups in total. The van der Waals surface area contributed by atoms with Gasteiger partial charge in [-0.05, 0) is 43.9 Å². The average molecular weight is 429 g/mol. The molecule has 9 heteroatoms. The van der Waals surface area contributed by atoms with Crippen LogP contribution in [0.5, 0.6) is 5.75 Å². The third-order valence-corrected chi connectivity index (χ3v) is 5.66. The zero-order chi connectivity index (χ0) is 21.6. The molecule has 1 aromatic carbocycles. The number of nitrogens with zero attached hydrogens (tertiary/aromatic N) is 3. The number of allylic oxidation sites excluding steroid dienone is 2. The monoisotopic (exact) mass is 428 g/mol. The van der Waals surface area contributed by atoms with Crippen molar-refractivity contribution in [3.05, 3.63) is 48.5 Å². The number of rotatable bonds is 6. The Morgan fingerprint density at radius 3 is 2.58 bits per heavy atom. The summed E-state index contributed by atoms with van der Waals surface area (Å²) in [5, 5.41) is 3.22. The SMILES string of the molecule is N/C(F)=C\C=C(/N)NC1CCC(Oc2cc(N3CCOCC3)cc3nccnc23)CC1. The molecule has 2 heterocycles. The van der Waals surface area contributed by atoms with Gasteiger partial charge in [-0.3, -0.25) is 4.98 Å². The maximum Gasteiger partial charge on any atom is 0.184 e. The van der Waals surface area contributed by atoms with Gasteiger partial charge in [-0.25, -0.2) is 4.98 Å². The third kappa shape index (κ3) is 5.55. The second kappa shape index (κ2) is 9.82. The molecule has 1 aromatic heterocycles. The maximum atomic E-state index is 12.6. The first-order chi connectivity index (χ1) is 15.1. The predicted octanol–water partition coefficient (Wildman–Crippen LogP) is 2.32. The van der Waals surface area contributed by atoms with Gasteiger partial charge < -0.3 is 31.2 Å². The Hall–Kier alpha value is -3.07. The molecule has 2 aromatic rings. The minimum Gasteiger partial charge on any atom is -0.488 e. The highest BCUT2D eigenvalue weighted by molar-refractivity contribution is 5.85. The van der Waals surface area contributed by atoms with E-state index < -0.39 is 5.95 Å². The number of morpholine rings is 1. The van der Waals surface area contributed by atoms with Crippen molar-refractivity contribution < 1.29 is 13.9 Å². The Morgan fingerprint density at radius 1 is 1.10 bits per heavy atom. The number of hydrogen-bond acceptors (Lipinski definition) is 8. The van der Waals surface area contributed by atoms with Crippen molar-refractivity contribution in [1.29, 1.82) is 0 Å². The van der Waals surface area contributed by atoms with Gasteiger partial charge >= 0.3 is 0 Å². The maximum absolute atomic E-state index is 12.6. The summed E-state index contributed by atoms with van der Waals surface area (Å²) in [7, 11) is 0. The Balaban J connectivity index is 1.43. The average Bonchev–Trinajstić information content (AvgIpc) is 2.79. The first kappa shape index (κ1) is 21.2. The molecule has 2 fully saturated rings. The summed E-state index contributed by atoms with van der Waals surface area (Å²) in [4.78, 5) is 11.3. The molecule has 31 heavy (non-hydrogen) atoms. The van der Waals surface area contributed by atoms with Crippen LogP contribution >= 0.6 is 0 Å². The van der Waals surface area contributed by atoms with Crippen molar-refractivity contribution in [3.63, 3.8) is 0 Å². The fraction of sp³-hybridized carbons (Fsp3) is 0.455. The number of fused-ring (bicyclic) bond motifs is 1. The summed E-state index contributed by atoms with van der Waals surface area (Å²) in [6.45, 7) is 3.13. The molecule has 2 aliphatic rings. The lowest BCUT2D eigenvalue weighted by molar-refractivity contribution is 0.122. The second-order valence-electron chi connectivity index (χ2n) is 7.88. The van der Waals surface area contributed by atoms with Crippen LogP contribution in [0.25, 0.3) is 11.0 Å². The summed E-state index contributed by atoms with van der Waals surface area (Å²) >= 11 is 0. The van der Waals surface area contributed by atoms with Crippen LogP contribution in [0.4, 0.5) is 10.1 Å². The molecule has 0 amide bonds. The first-order valence-electron chi connectivity index (χ1n) is 10.7. The second-order valence-corrected chi connectivity index (χ2v) is 7.88. The number of halogens is 1. The number of hydrogen-bond donors (Lipinski definition) is 3. The molecule has 8 nitrogen and oxygen atoms in total. The number of anilines is 1. The fourth-order valence-electron chi connectivity index (χ4n) is 4.08. The van der Waals surface area contributed by atoms with Crippen LogP contribution < -0.4 is 26.4 Å². The Labute approximate surface area is 181 Å². The molecule has 0 radical (unpaired) electrons. The molecule has 1 aliphatic carbocycles. The van der Waals surface area contributed by atoms with E-state index in [-0.39, 0.29) is 12.1 Å². The summed E-state index contributed by atoms with van der Waals surface area (Å²) in [6, 6.07) is 4.36. The molecule has 0 spiro atoms. The molecule has 166 valence electrons. The van der Waals surface area contributed by atoms with Gasteiger partial charge in [0.25, 0.3) is 0 Å². The van der Waals surface area contributed by atoms with E-state index in [2.05, 4.69) is 32.3 Å². The van der Waals surface area contributed by atoms with Crippen LogP contribution in [0, 0.1) is 0 Å². The normalized spacial score (nSPS) is 23.1. The van der Waals surface area contributed by atoms with Gasteiger partial charge in [-0.1, -0.05) is 0 Å². The van der Waals surface area contributed by atoms with Crippen LogP contribution in [-0.2, 0) is 4.74 Å². The Kier molecular flexibility index (Phi) is 6.71. The van der Waals surface area contributed by atoms with Gasteiger partial charge in [-0.2, -0.15) is 4.39 Å². The molecule has 0 unspecified atom stereocenters. The predicted molar refractivity (Wildman–Crippen MR) is 118 cm³/mol. The largest absolute Gasteiger partial charge is 0.488 e. The molecule has 0 bridgehead atoms. The van der Waals surface area contributed by atoms with Gasteiger partial charge in [0.15, 0.2) is 5.95 Å². The summed E-state index contributed by atoms with van der Waals surface area (Å²) in [5.41, 5.74) is 13.6. The lowest BCUT2D eigenvalue weighted by atomic mass is 9.93. The first-order valence-corrected chi connectivity index (χ1v) is 10.7. The number of benzene rings is 1. The van der Waals surface area contributed by atoms with Crippen LogP contribution in [0.3, 0.4) is 0 Å². The van der Waals surface area contributed by atoms with Gasteiger partial charge in [0, 0.05) is 43.3 Å². The molecule has 0 atom stereocenters. The number of aromatic nitrogens is 2. The number of ether oxygens (including phenoxy) is 2. The van der Waals surface area contributed by atoms with Crippen molar-refractivity contribution in [2.45, 2.75) is 37.8 Å². The number of nitrogens with two attached hydrogens (primary N) is 2. The van der Waals surface area contributed by atoms with Crippen LogP contribution in [0.1, 0.15) is 25.7 Å². The Morgan fingerprint density at radius 2 is 1.84 bits per heavy atom. The van der Waals surface area contributed by atoms with E-state index >= 15 is 0 Å². The van der Waals surface area contributed by atoms with Crippen molar-refractivity contribution in [2.24, 2.45) is 11.5 Å². The molecular formula is C22H29FN6O2. The topological polar surface area (TPSA) is 112 Å². The Bertz CT molecular complexity index is 948. The van der Waals surface area contributed by atoms with E-state index in [0.717, 1.165) is 80.5 Å². The lowest BCUT2D eigenvalue weighted by Crippen LogP contribution is -2.38. The van der Waals surface area contributed by atoms with Gasteiger partial charge in [-0.15, -0.1) is 0 Å². The zero-order valence-electron chi connectivity index (χ0n) is 17.5. The molecular weight excluding hydrogens is 399 g/mol. The minimum absolute atomic E-state index is 0.0924. The summed E-state index contributed by atoms with van der Waals surface area (Å²) < 4.78 is 24.5. The van der Waals surface area contributed by atoms with Gasteiger partial charge in [0.05, 0.1) is 30.7 Å². The highest BCUT2D eigenvalue weighted by Crippen LogP contribution is 2.33. The molecule has 1 saturated carbocycles. The van der Waals surface area contributed by atoms with Crippen LogP contribution in [0.2, 0.25) is 0 Å². The molecule has 1 aliphatic heterocycles. The van der Waals surface area contributed by atoms with Crippen molar-refractivity contribution in [3.8, 4) is 5.75 Å². The summed E-state index contributed by atoms with van der Waals surface area (Å²) in [5.74, 6) is 0.410. The number of nitrogens with one attached hydrogen (secondary N) is 1. The van der Waals surface area contributed by atoms with Crippen molar-refractivity contribution in [1.82, 2.24) is 15.3 Å². The quantitative estimate of drug-likeness (QED) is 0.475. The van der Waals surface area contributed by atoms with Gasteiger partial charge in [0.2, 0.25) is 0 Å². The van der Waals surface area contributed by atoms with Gasteiger partial charge in [0.1, 0.15) is 11.3 Å². The zero-order valence-corrected chi connectivity index (χ0v) is 17.5. The van der Waals surface area contributed by atoms with E-state index in [9.17, 15) is 4.39 Å². The van der Waals surface area contributed by atoms with Crippen molar-refractivity contribution in [2.75, 3.05) is 31.2 Å². The third-order valence-electron chi connectivity index (χ3n) is 5.66. The highest BCUT2D eigenvalue weighted by atomic mass is 19.1. The smallest absolute Gasteiger partial charge is 0.184 e. The minimum atomic E-state index is -0.767.